The Morgan fingerprint density at radius 1 is 1.11 bits per heavy atom. The second-order valence-electron chi connectivity index (χ2n) is 12.0. The number of alkyl halides is 3. The van der Waals surface area contributed by atoms with Gasteiger partial charge in [0.2, 0.25) is 17.9 Å². The number of ether oxygens (including phenoxy) is 1. The SMILES string of the molecule is Cc1ccn(-c2cc(-c3ccc(CN)cc3)ccc2C(Oc2cc(N3CCC4(CC3)CN[C@H](C(=O)O)C4)nc(N)n2)C(F)(F)F)n1. The molecule has 4 heterocycles. The minimum atomic E-state index is -4.82. The first-order valence-electron chi connectivity index (χ1n) is 15.0. The average molecular weight is 637 g/mol. The summed E-state index contributed by atoms with van der Waals surface area (Å²) in [5.41, 5.74) is 14.7. The number of aliphatic carboxylic acids is 1. The fourth-order valence-electron chi connectivity index (χ4n) is 6.29. The van der Waals surface area contributed by atoms with E-state index in [2.05, 4.69) is 20.4 Å². The van der Waals surface area contributed by atoms with Crippen LogP contribution < -0.4 is 26.4 Å². The minimum absolute atomic E-state index is 0.154. The summed E-state index contributed by atoms with van der Waals surface area (Å²) in [7, 11) is 0. The summed E-state index contributed by atoms with van der Waals surface area (Å²) in [6.07, 6.45) is -3.70. The number of nitrogen functional groups attached to an aromatic ring is 1. The van der Waals surface area contributed by atoms with Crippen molar-refractivity contribution < 1.29 is 27.8 Å². The number of carbonyl (C=O) groups is 1. The number of nitrogens with zero attached hydrogens (tertiary/aromatic N) is 5. The lowest BCUT2D eigenvalue weighted by Crippen LogP contribution is -2.41. The van der Waals surface area contributed by atoms with Crippen LogP contribution in [0.25, 0.3) is 16.8 Å². The molecule has 1 spiro atoms. The lowest BCUT2D eigenvalue weighted by atomic mass is 9.76. The van der Waals surface area contributed by atoms with Crippen LogP contribution in [0.5, 0.6) is 5.88 Å². The molecule has 11 nitrogen and oxygen atoms in total. The van der Waals surface area contributed by atoms with E-state index in [1.165, 1.54) is 16.8 Å². The van der Waals surface area contributed by atoms with Gasteiger partial charge in [0.05, 0.1) is 11.4 Å². The number of piperidine rings is 1. The van der Waals surface area contributed by atoms with E-state index in [1.54, 1.807) is 31.3 Å². The Balaban J connectivity index is 1.30. The topological polar surface area (TPSA) is 157 Å². The highest BCUT2D eigenvalue weighted by Gasteiger charge is 2.46. The molecular formula is C32H35F3N8O3. The number of nitrogens with two attached hydrogens (primary N) is 2. The van der Waals surface area contributed by atoms with E-state index >= 15 is 0 Å². The molecule has 2 aromatic carbocycles. The molecule has 0 saturated carbocycles. The highest BCUT2D eigenvalue weighted by atomic mass is 19.4. The van der Waals surface area contributed by atoms with Crippen molar-refractivity contribution in [3.63, 3.8) is 0 Å². The number of aryl methyl sites for hydroxylation is 1. The van der Waals surface area contributed by atoms with E-state index in [9.17, 15) is 23.1 Å². The monoisotopic (exact) mass is 636 g/mol. The molecule has 46 heavy (non-hydrogen) atoms. The lowest BCUT2D eigenvalue weighted by molar-refractivity contribution is -0.198. The fraction of sp³-hybridized carbons (Fsp3) is 0.375. The Morgan fingerprint density at radius 3 is 2.43 bits per heavy atom. The van der Waals surface area contributed by atoms with Crippen LogP contribution in [0.1, 0.15) is 42.2 Å². The number of rotatable bonds is 8. The largest absolute Gasteiger partial charge is 0.480 e. The third kappa shape index (κ3) is 6.49. The summed E-state index contributed by atoms with van der Waals surface area (Å²) in [6, 6.07) is 14.6. The molecule has 0 aliphatic carbocycles. The summed E-state index contributed by atoms with van der Waals surface area (Å²) >= 11 is 0. The van der Waals surface area contributed by atoms with Crippen molar-refractivity contribution in [2.24, 2.45) is 11.1 Å². The molecule has 0 bridgehead atoms. The summed E-state index contributed by atoms with van der Waals surface area (Å²) in [5, 5.41) is 16.9. The fourth-order valence-corrected chi connectivity index (χ4v) is 6.29. The smallest absolute Gasteiger partial charge is 0.429 e. The molecule has 2 aromatic heterocycles. The van der Waals surface area contributed by atoms with Crippen LogP contribution in [0.2, 0.25) is 0 Å². The zero-order chi connectivity index (χ0) is 32.6. The Labute approximate surface area is 263 Å². The van der Waals surface area contributed by atoms with Gasteiger partial charge in [0, 0.05) is 44.0 Å². The molecule has 6 N–H and O–H groups in total. The molecule has 2 aliphatic rings. The van der Waals surface area contributed by atoms with E-state index < -0.39 is 24.3 Å². The van der Waals surface area contributed by atoms with Crippen LogP contribution in [0.15, 0.2) is 60.8 Å². The number of halogens is 3. The molecular weight excluding hydrogens is 601 g/mol. The maximum absolute atomic E-state index is 14.8. The Bertz CT molecular complexity index is 1720. The zero-order valence-corrected chi connectivity index (χ0v) is 25.2. The van der Waals surface area contributed by atoms with Crippen LogP contribution in [-0.2, 0) is 11.3 Å². The van der Waals surface area contributed by atoms with Gasteiger partial charge in [-0.2, -0.15) is 28.2 Å². The van der Waals surface area contributed by atoms with E-state index in [1.807, 2.05) is 29.2 Å². The lowest BCUT2D eigenvalue weighted by Gasteiger charge is -2.39. The molecule has 2 saturated heterocycles. The quantitative estimate of drug-likeness (QED) is 0.219. The number of benzene rings is 2. The van der Waals surface area contributed by atoms with Crippen LogP contribution in [0.3, 0.4) is 0 Å². The van der Waals surface area contributed by atoms with Crippen LogP contribution in [-0.4, -0.2) is 62.7 Å². The van der Waals surface area contributed by atoms with Gasteiger partial charge in [0.15, 0.2) is 0 Å². The van der Waals surface area contributed by atoms with Gasteiger partial charge in [-0.3, -0.25) is 4.79 Å². The third-order valence-electron chi connectivity index (χ3n) is 8.85. The van der Waals surface area contributed by atoms with Crippen molar-refractivity contribution >= 4 is 17.7 Å². The number of nitrogens with one attached hydrogen (secondary N) is 1. The van der Waals surface area contributed by atoms with E-state index in [0.717, 1.165) is 11.1 Å². The number of hydrogen-bond acceptors (Lipinski definition) is 9. The molecule has 6 rings (SSSR count). The van der Waals surface area contributed by atoms with Gasteiger partial charge in [-0.05, 0) is 60.4 Å². The van der Waals surface area contributed by atoms with Crippen LogP contribution >= 0.6 is 0 Å². The van der Waals surface area contributed by atoms with Crippen molar-refractivity contribution in [3.8, 4) is 22.7 Å². The first-order chi connectivity index (χ1) is 21.9. The Kier molecular flexibility index (Phi) is 8.33. The van der Waals surface area contributed by atoms with Gasteiger partial charge in [-0.25, -0.2) is 4.68 Å². The Hall–Kier alpha value is -4.69. The normalized spacial score (nSPS) is 18.5. The zero-order valence-electron chi connectivity index (χ0n) is 25.2. The highest BCUT2D eigenvalue weighted by molar-refractivity contribution is 5.74. The average Bonchev–Trinajstić information content (AvgIpc) is 3.66. The summed E-state index contributed by atoms with van der Waals surface area (Å²) in [6.45, 7) is 3.79. The molecule has 2 fully saturated rings. The van der Waals surface area contributed by atoms with Crippen molar-refractivity contribution in [2.75, 3.05) is 30.3 Å². The van der Waals surface area contributed by atoms with E-state index in [0.29, 0.717) is 62.5 Å². The van der Waals surface area contributed by atoms with Crippen molar-refractivity contribution in [2.45, 2.75) is 51.1 Å². The number of carboxylic acids is 1. The van der Waals surface area contributed by atoms with Crippen LogP contribution in [0.4, 0.5) is 24.9 Å². The number of carboxylic acid groups (broad SMARTS) is 1. The van der Waals surface area contributed by atoms with Gasteiger partial charge in [0.25, 0.3) is 0 Å². The maximum atomic E-state index is 14.8. The first kappa shape index (κ1) is 31.3. The third-order valence-corrected chi connectivity index (χ3v) is 8.85. The highest BCUT2D eigenvalue weighted by Crippen LogP contribution is 2.42. The number of aromatic nitrogens is 4. The maximum Gasteiger partial charge on any atom is 0.429 e. The second kappa shape index (κ2) is 12.2. The predicted molar refractivity (Wildman–Crippen MR) is 165 cm³/mol. The predicted octanol–water partition coefficient (Wildman–Crippen LogP) is 4.39. The van der Waals surface area contributed by atoms with Gasteiger partial charge in [0.1, 0.15) is 11.9 Å². The van der Waals surface area contributed by atoms with E-state index in [-0.39, 0.29) is 28.5 Å². The minimum Gasteiger partial charge on any atom is -0.480 e. The standard InChI is InChI=1S/C32H35F3N8O3/c1-19-8-11-43(41-19)25-14-22(21-4-2-20(17-36)3-5-21)6-7-23(25)28(32(33,34)35)46-27-15-26(39-30(37)40-27)42-12-9-31(10-13-42)16-24(29(44)45)38-18-31/h2-8,11,14-15,24,28,38H,9-10,12-13,16-18,36H2,1H3,(H,44,45)(H2,37,39,40)/t24-,28?/m0/s1. The molecule has 2 aliphatic heterocycles. The molecule has 242 valence electrons. The molecule has 14 heteroatoms. The Morgan fingerprint density at radius 2 is 1.83 bits per heavy atom. The first-order valence-corrected chi connectivity index (χ1v) is 15.0. The van der Waals surface area contributed by atoms with Crippen molar-refractivity contribution in [1.29, 1.82) is 0 Å². The summed E-state index contributed by atoms with van der Waals surface area (Å²) in [5.74, 6) is -1.06. The molecule has 4 aromatic rings. The number of anilines is 2. The van der Waals surface area contributed by atoms with Crippen molar-refractivity contribution in [1.82, 2.24) is 25.1 Å². The van der Waals surface area contributed by atoms with Crippen LogP contribution in [0, 0.1) is 12.3 Å². The van der Waals surface area contributed by atoms with Gasteiger partial charge < -0.3 is 31.5 Å². The second-order valence-corrected chi connectivity index (χ2v) is 12.0. The van der Waals surface area contributed by atoms with E-state index in [4.69, 9.17) is 16.2 Å². The van der Waals surface area contributed by atoms with Gasteiger partial charge in [-0.15, -0.1) is 0 Å². The van der Waals surface area contributed by atoms with Gasteiger partial charge >= 0.3 is 12.1 Å². The molecule has 1 unspecified atom stereocenters. The molecule has 2 atom stereocenters. The van der Waals surface area contributed by atoms with Crippen molar-refractivity contribution in [3.05, 3.63) is 77.6 Å². The number of hydrogen-bond donors (Lipinski definition) is 4. The van der Waals surface area contributed by atoms with Gasteiger partial charge in [-0.1, -0.05) is 36.4 Å². The summed E-state index contributed by atoms with van der Waals surface area (Å²) < 4.78 is 51.5. The molecule has 0 amide bonds. The molecule has 0 radical (unpaired) electrons. The summed E-state index contributed by atoms with van der Waals surface area (Å²) in [4.78, 5) is 21.6.